The van der Waals surface area contributed by atoms with Crippen molar-refractivity contribution in [3.63, 3.8) is 0 Å². The van der Waals surface area contributed by atoms with Crippen LogP contribution in [-0.2, 0) is 4.79 Å². The van der Waals surface area contributed by atoms with Gasteiger partial charge in [-0.15, -0.1) is 0 Å². The number of carbonyl (C=O) groups is 1. The molecule has 0 aromatic heterocycles. The Morgan fingerprint density at radius 2 is 2.00 bits per heavy atom. The van der Waals surface area contributed by atoms with E-state index in [4.69, 9.17) is 0 Å². The van der Waals surface area contributed by atoms with Gasteiger partial charge in [0.15, 0.2) is 0 Å². The molecule has 0 heterocycles. The Balaban J connectivity index is 1.66. The van der Waals surface area contributed by atoms with Crippen LogP contribution in [0, 0.1) is 11.8 Å². The Kier molecular flexibility index (Phi) is 4.22. The zero-order valence-corrected chi connectivity index (χ0v) is 10.3. The summed E-state index contributed by atoms with van der Waals surface area (Å²) in [4.78, 5) is 11.3. The summed E-state index contributed by atoms with van der Waals surface area (Å²) >= 11 is 0. The van der Waals surface area contributed by atoms with Crippen LogP contribution >= 0.6 is 0 Å². The van der Waals surface area contributed by atoms with Crippen LogP contribution in [0.25, 0.3) is 0 Å². The van der Waals surface area contributed by atoms with Crippen molar-refractivity contribution in [2.45, 2.75) is 51.5 Å². The number of amides is 1. The van der Waals surface area contributed by atoms with Crippen molar-refractivity contribution >= 4 is 5.91 Å². The third kappa shape index (κ3) is 3.48. The topological polar surface area (TPSA) is 41.1 Å². The molecule has 2 aliphatic rings. The van der Waals surface area contributed by atoms with Crippen LogP contribution < -0.4 is 10.6 Å². The van der Waals surface area contributed by atoms with Crippen molar-refractivity contribution in [1.29, 1.82) is 0 Å². The number of carbonyl (C=O) groups excluding carboxylic acids is 1. The predicted molar refractivity (Wildman–Crippen MR) is 65.2 cm³/mol. The maximum Gasteiger partial charge on any atom is 0.233 e. The number of rotatable bonds is 5. The van der Waals surface area contributed by atoms with E-state index in [2.05, 4.69) is 10.6 Å². The molecule has 2 aliphatic carbocycles. The molecular weight excluding hydrogens is 200 g/mol. The molecule has 1 amide bonds. The highest BCUT2D eigenvalue weighted by Crippen LogP contribution is 2.43. The second-order valence-electron chi connectivity index (χ2n) is 5.30. The largest absolute Gasteiger partial charge is 0.355 e. The summed E-state index contributed by atoms with van der Waals surface area (Å²) in [5, 5.41) is 6.24. The van der Waals surface area contributed by atoms with E-state index in [-0.39, 0.29) is 5.91 Å². The summed E-state index contributed by atoms with van der Waals surface area (Å²) in [6.45, 7) is 3.19. The number of hydrogen-bond donors (Lipinski definition) is 2. The SMILES string of the molecule is CCNC(=O)CNC1CCCC(C2CC2)C1. The monoisotopic (exact) mass is 224 g/mol. The Labute approximate surface area is 98.4 Å². The summed E-state index contributed by atoms with van der Waals surface area (Å²) in [5.74, 6) is 2.10. The Morgan fingerprint density at radius 3 is 2.69 bits per heavy atom. The quantitative estimate of drug-likeness (QED) is 0.746. The van der Waals surface area contributed by atoms with Crippen LogP contribution in [0.3, 0.4) is 0 Å². The van der Waals surface area contributed by atoms with Gasteiger partial charge < -0.3 is 10.6 Å². The fourth-order valence-corrected chi connectivity index (χ4v) is 2.91. The zero-order valence-electron chi connectivity index (χ0n) is 10.3. The molecule has 0 aromatic rings. The fourth-order valence-electron chi connectivity index (χ4n) is 2.91. The molecule has 2 saturated carbocycles. The van der Waals surface area contributed by atoms with Crippen LogP contribution in [-0.4, -0.2) is 25.0 Å². The molecule has 0 spiro atoms. The fraction of sp³-hybridized carbons (Fsp3) is 0.923. The first-order valence-electron chi connectivity index (χ1n) is 6.79. The second kappa shape index (κ2) is 5.67. The molecule has 3 nitrogen and oxygen atoms in total. The van der Waals surface area contributed by atoms with E-state index in [1.807, 2.05) is 6.92 Å². The van der Waals surface area contributed by atoms with E-state index >= 15 is 0 Å². The van der Waals surface area contributed by atoms with Gasteiger partial charge in [0.2, 0.25) is 5.91 Å². The van der Waals surface area contributed by atoms with Crippen molar-refractivity contribution in [3.05, 3.63) is 0 Å². The molecule has 0 aromatic carbocycles. The Bertz CT molecular complexity index is 238. The lowest BCUT2D eigenvalue weighted by molar-refractivity contribution is -0.120. The lowest BCUT2D eigenvalue weighted by atomic mass is 9.83. The number of nitrogens with one attached hydrogen (secondary N) is 2. The van der Waals surface area contributed by atoms with Gasteiger partial charge in [-0.25, -0.2) is 0 Å². The van der Waals surface area contributed by atoms with E-state index in [9.17, 15) is 4.79 Å². The van der Waals surface area contributed by atoms with Crippen molar-refractivity contribution in [3.8, 4) is 0 Å². The van der Waals surface area contributed by atoms with E-state index in [1.165, 1.54) is 38.5 Å². The van der Waals surface area contributed by atoms with Crippen LogP contribution in [0.4, 0.5) is 0 Å². The number of likely N-dealkylation sites (N-methyl/N-ethyl adjacent to an activating group) is 1. The van der Waals surface area contributed by atoms with Gasteiger partial charge in [-0.2, -0.15) is 0 Å². The van der Waals surface area contributed by atoms with Gasteiger partial charge in [-0.05, 0) is 44.4 Å². The molecule has 2 unspecified atom stereocenters. The highest BCUT2D eigenvalue weighted by atomic mass is 16.1. The minimum atomic E-state index is 0.135. The summed E-state index contributed by atoms with van der Waals surface area (Å²) in [6.07, 6.45) is 8.21. The summed E-state index contributed by atoms with van der Waals surface area (Å²) in [5.41, 5.74) is 0. The molecule has 0 saturated heterocycles. The lowest BCUT2D eigenvalue weighted by Crippen LogP contribution is -2.41. The minimum absolute atomic E-state index is 0.135. The maximum absolute atomic E-state index is 11.3. The normalized spacial score (nSPS) is 30.1. The van der Waals surface area contributed by atoms with E-state index in [0.29, 0.717) is 12.6 Å². The first-order chi connectivity index (χ1) is 7.79. The summed E-state index contributed by atoms with van der Waals surface area (Å²) in [7, 11) is 0. The van der Waals surface area contributed by atoms with Gasteiger partial charge in [0.05, 0.1) is 6.54 Å². The molecule has 3 heteroatoms. The smallest absolute Gasteiger partial charge is 0.233 e. The van der Waals surface area contributed by atoms with Crippen molar-refractivity contribution in [2.75, 3.05) is 13.1 Å². The molecule has 2 rings (SSSR count). The molecular formula is C13H24N2O. The molecule has 2 N–H and O–H groups in total. The highest BCUT2D eigenvalue weighted by molar-refractivity contribution is 5.77. The molecule has 2 atom stereocenters. The third-order valence-corrected chi connectivity index (χ3v) is 3.93. The standard InChI is InChI=1S/C13H24N2O/c1-2-14-13(16)9-15-12-5-3-4-11(8-12)10-6-7-10/h10-12,15H,2-9H2,1H3,(H,14,16). The maximum atomic E-state index is 11.3. The van der Waals surface area contributed by atoms with Crippen LogP contribution in [0.2, 0.25) is 0 Å². The van der Waals surface area contributed by atoms with E-state index in [1.54, 1.807) is 0 Å². The van der Waals surface area contributed by atoms with E-state index in [0.717, 1.165) is 18.4 Å². The minimum Gasteiger partial charge on any atom is -0.355 e. The van der Waals surface area contributed by atoms with Gasteiger partial charge in [-0.1, -0.05) is 12.8 Å². The molecule has 0 radical (unpaired) electrons. The molecule has 92 valence electrons. The molecule has 2 fully saturated rings. The van der Waals surface area contributed by atoms with Crippen LogP contribution in [0.5, 0.6) is 0 Å². The molecule has 16 heavy (non-hydrogen) atoms. The van der Waals surface area contributed by atoms with Gasteiger partial charge in [0.25, 0.3) is 0 Å². The third-order valence-electron chi connectivity index (χ3n) is 3.93. The molecule has 0 bridgehead atoms. The average Bonchev–Trinajstić information content (AvgIpc) is 3.11. The average molecular weight is 224 g/mol. The first-order valence-corrected chi connectivity index (χ1v) is 6.79. The Morgan fingerprint density at radius 1 is 1.19 bits per heavy atom. The van der Waals surface area contributed by atoms with Crippen molar-refractivity contribution < 1.29 is 4.79 Å². The first kappa shape index (κ1) is 11.9. The van der Waals surface area contributed by atoms with Gasteiger partial charge in [-0.3, -0.25) is 4.79 Å². The molecule has 0 aliphatic heterocycles. The highest BCUT2D eigenvalue weighted by Gasteiger charge is 2.34. The van der Waals surface area contributed by atoms with Crippen LogP contribution in [0.15, 0.2) is 0 Å². The predicted octanol–water partition coefficient (Wildman–Crippen LogP) is 1.68. The second-order valence-corrected chi connectivity index (χ2v) is 5.30. The lowest BCUT2D eigenvalue weighted by Gasteiger charge is -2.29. The van der Waals surface area contributed by atoms with Gasteiger partial charge in [0, 0.05) is 12.6 Å². The summed E-state index contributed by atoms with van der Waals surface area (Å²) < 4.78 is 0. The van der Waals surface area contributed by atoms with Crippen molar-refractivity contribution in [1.82, 2.24) is 10.6 Å². The number of hydrogen-bond acceptors (Lipinski definition) is 2. The zero-order chi connectivity index (χ0) is 11.4. The van der Waals surface area contributed by atoms with Crippen molar-refractivity contribution in [2.24, 2.45) is 11.8 Å². The Hall–Kier alpha value is -0.570. The van der Waals surface area contributed by atoms with Crippen LogP contribution in [0.1, 0.15) is 45.4 Å². The summed E-state index contributed by atoms with van der Waals surface area (Å²) in [6, 6.07) is 0.585. The van der Waals surface area contributed by atoms with Gasteiger partial charge in [0.1, 0.15) is 0 Å². The van der Waals surface area contributed by atoms with E-state index < -0.39 is 0 Å². The van der Waals surface area contributed by atoms with Gasteiger partial charge >= 0.3 is 0 Å².